The van der Waals surface area contributed by atoms with Crippen molar-refractivity contribution in [2.24, 2.45) is 0 Å². The van der Waals surface area contributed by atoms with Crippen LogP contribution in [0.2, 0.25) is 0 Å². The molecule has 158 valence electrons. The summed E-state index contributed by atoms with van der Waals surface area (Å²) in [6, 6.07) is 11.5. The van der Waals surface area contributed by atoms with Crippen molar-refractivity contribution >= 4 is 45.8 Å². The normalized spacial score (nSPS) is 15.6. The molecule has 2 amide bonds. The second-order valence-electron chi connectivity index (χ2n) is 7.62. The topological polar surface area (TPSA) is 49.4 Å². The number of rotatable bonds is 8. The highest BCUT2D eigenvalue weighted by Gasteiger charge is 2.33. The summed E-state index contributed by atoms with van der Waals surface area (Å²) in [5, 5.41) is 9.23. The van der Waals surface area contributed by atoms with Gasteiger partial charge in [0.1, 0.15) is 6.04 Å². The molecule has 0 unspecified atom stereocenters. The quantitative estimate of drug-likeness (QED) is 0.475. The summed E-state index contributed by atoms with van der Waals surface area (Å²) in [5.74, 6) is -0.0662. The summed E-state index contributed by atoms with van der Waals surface area (Å²) in [6.07, 6.45) is 5.93. The number of carbonyl (C=O) groups is 2. The van der Waals surface area contributed by atoms with Crippen LogP contribution in [0.15, 0.2) is 52.5 Å². The first kappa shape index (κ1) is 21.3. The van der Waals surface area contributed by atoms with Crippen LogP contribution in [0.1, 0.15) is 52.8 Å². The molecule has 7 heteroatoms. The van der Waals surface area contributed by atoms with Crippen LogP contribution in [0.3, 0.4) is 0 Å². The number of thiophene rings is 3. The monoisotopic (exact) mass is 458 g/mol. The Balaban J connectivity index is 1.61. The number of hydrogen-bond acceptors (Lipinski definition) is 5. The minimum atomic E-state index is -0.596. The molecule has 3 aromatic heterocycles. The third-order valence-electron chi connectivity index (χ3n) is 5.46. The summed E-state index contributed by atoms with van der Waals surface area (Å²) < 4.78 is 0. The highest BCUT2D eigenvalue weighted by Crippen LogP contribution is 2.30. The number of hydrogen-bond donors (Lipinski definition) is 1. The molecule has 0 spiro atoms. The Morgan fingerprint density at radius 2 is 1.60 bits per heavy atom. The van der Waals surface area contributed by atoms with Gasteiger partial charge < -0.3 is 10.2 Å². The Kier molecular flexibility index (Phi) is 7.36. The second-order valence-corrected chi connectivity index (χ2v) is 10.7. The van der Waals surface area contributed by atoms with Gasteiger partial charge in [-0.1, -0.05) is 37.5 Å². The first-order valence-electron chi connectivity index (χ1n) is 10.4. The predicted octanol–water partition coefficient (Wildman–Crippen LogP) is 5.63. The van der Waals surface area contributed by atoms with Crippen LogP contribution in [0.5, 0.6) is 0 Å². The second kappa shape index (κ2) is 10.4. The van der Waals surface area contributed by atoms with Gasteiger partial charge >= 0.3 is 0 Å². The Labute approximate surface area is 189 Å². The third kappa shape index (κ3) is 5.39. The Bertz CT molecular complexity index is 914. The zero-order valence-corrected chi connectivity index (χ0v) is 19.2. The summed E-state index contributed by atoms with van der Waals surface area (Å²) in [4.78, 5) is 31.7. The SMILES string of the molecule is O=C(NC1CCCCC1)[C@H](c1cccs1)N(Cc1cccs1)C(=O)Cc1cccs1. The fourth-order valence-electron chi connectivity index (χ4n) is 3.96. The van der Waals surface area contributed by atoms with Crippen molar-refractivity contribution in [3.05, 3.63) is 67.2 Å². The van der Waals surface area contributed by atoms with E-state index >= 15 is 0 Å². The molecule has 1 aliphatic carbocycles. The van der Waals surface area contributed by atoms with E-state index in [1.165, 1.54) is 17.8 Å². The van der Waals surface area contributed by atoms with Crippen molar-refractivity contribution in [3.63, 3.8) is 0 Å². The Morgan fingerprint density at radius 3 is 2.23 bits per heavy atom. The van der Waals surface area contributed by atoms with Crippen LogP contribution < -0.4 is 5.32 Å². The zero-order valence-electron chi connectivity index (χ0n) is 16.8. The van der Waals surface area contributed by atoms with Gasteiger partial charge in [-0.2, -0.15) is 0 Å². The van der Waals surface area contributed by atoms with Gasteiger partial charge in [-0.15, -0.1) is 34.0 Å². The smallest absolute Gasteiger partial charge is 0.248 e. The predicted molar refractivity (Wildman–Crippen MR) is 125 cm³/mol. The number of nitrogens with zero attached hydrogens (tertiary/aromatic N) is 1. The molecule has 3 heterocycles. The summed E-state index contributed by atoms with van der Waals surface area (Å²) >= 11 is 4.74. The van der Waals surface area contributed by atoms with E-state index in [2.05, 4.69) is 5.32 Å². The van der Waals surface area contributed by atoms with E-state index in [0.29, 0.717) is 13.0 Å². The first-order chi connectivity index (χ1) is 14.7. The fourth-order valence-corrected chi connectivity index (χ4v) is 6.19. The van der Waals surface area contributed by atoms with E-state index in [1.807, 2.05) is 52.5 Å². The molecule has 30 heavy (non-hydrogen) atoms. The molecule has 1 saturated carbocycles. The van der Waals surface area contributed by atoms with Gasteiger partial charge in [-0.3, -0.25) is 9.59 Å². The van der Waals surface area contributed by atoms with E-state index in [9.17, 15) is 9.59 Å². The van der Waals surface area contributed by atoms with Crippen molar-refractivity contribution in [1.29, 1.82) is 0 Å². The molecule has 0 saturated heterocycles. The highest BCUT2D eigenvalue weighted by molar-refractivity contribution is 7.10. The molecule has 1 atom stereocenters. The molecule has 1 aliphatic rings. The first-order valence-corrected chi connectivity index (χ1v) is 13.0. The Hall–Kier alpha value is -1.96. The maximum atomic E-state index is 13.5. The van der Waals surface area contributed by atoms with Gasteiger partial charge in [0.2, 0.25) is 11.8 Å². The molecule has 1 N–H and O–H groups in total. The maximum absolute atomic E-state index is 13.5. The minimum absolute atomic E-state index is 0.0111. The molecule has 0 aliphatic heterocycles. The van der Waals surface area contributed by atoms with E-state index < -0.39 is 6.04 Å². The average Bonchev–Trinajstić information content (AvgIpc) is 3.52. The van der Waals surface area contributed by atoms with Crippen LogP contribution in [-0.4, -0.2) is 22.8 Å². The minimum Gasteiger partial charge on any atom is -0.351 e. The van der Waals surface area contributed by atoms with Crippen LogP contribution in [-0.2, 0) is 22.6 Å². The third-order valence-corrected chi connectivity index (χ3v) is 8.12. The summed E-state index contributed by atoms with van der Waals surface area (Å²) in [5.41, 5.74) is 0. The van der Waals surface area contributed by atoms with E-state index in [-0.39, 0.29) is 17.9 Å². The lowest BCUT2D eigenvalue weighted by Crippen LogP contribution is -2.46. The van der Waals surface area contributed by atoms with Crippen molar-refractivity contribution < 1.29 is 9.59 Å². The van der Waals surface area contributed by atoms with Crippen LogP contribution >= 0.6 is 34.0 Å². The number of carbonyl (C=O) groups excluding carboxylic acids is 2. The molecular weight excluding hydrogens is 432 g/mol. The van der Waals surface area contributed by atoms with Crippen LogP contribution in [0.25, 0.3) is 0 Å². The van der Waals surface area contributed by atoms with Crippen molar-refractivity contribution in [2.75, 3.05) is 0 Å². The summed E-state index contributed by atoms with van der Waals surface area (Å²) in [7, 11) is 0. The van der Waals surface area contributed by atoms with Crippen molar-refractivity contribution in [1.82, 2.24) is 10.2 Å². The standard InChI is InChI=1S/C23H26N2O2S3/c26-21(15-18-9-4-12-28-18)25(16-19-10-5-13-29-19)22(20-11-6-14-30-20)23(27)24-17-7-2-1-3-8-17/h4-6,9-14,17,22H,1-3,7-8,15-16H2,(H,24,27)/t22-/m0/s1. The number of amides is 2. The van der Waals surface area contributed by atoms with Gasteiger partial charge in [0.25, 0.3) is 0 Å². The zero-order chi connectivity index (χ0) is 20.8. The van der Waals surface area contributed by atoms with Gasteiger partial charge in [-0.05, 0) is 47.2 Å². The lowest BCUT2D eigenvalue weighted by Gasteiger charge is -2.32. The molecule has 1 fully saturated rings. The largest absolute Gasteiger partial charge is 0.351 e. The van der Waals surface area contributed by atoms with E-state index in [1.54, 1.807) is 27.6 Å². The van der Waals surface area contributed by atoms with Crippen molar-refractivity contribution in [3.8, 4) is 0 Å². The van der Waals surface area contributed by atoms with E-state index in [4.69, 9.17) is 0 Å². The molecule has 0 radical (unpaired) electrons. The highest BCUT2D eigenvalue weighted by atomic mass is 32.1. The number of nitrogens with one attached hydrogen (secondary N) is 1. The van der Waals surface area contributed by atoms with E-state index in [0.717, 1.165) is 40.3 Å². The molecule has 0 aromatic carbocycles. The van der Waals surface area contributed by atoms with Gasteiger partial charge in [-0.25, -0.2) is 0 Å². The molecule has 0 bridgehead atoms. The van der Waals surface area contributed by atoms with Crippen LogP contribution in [0, 0.1) is 0 Å². The van der Waals surface area contributed by atoms with Gasteiger partial charge in [0.05, 0.1) is 13.0 Å². The lowest BCUT2D eigenvalue weighted by atomic mass is 9.95. The molecule has 3 aromatic rings. The average molecular weight is 459 g/mol. The fraction of sp³-hybridized carbons (Fsp3) is 0.391. The molecule has 4 nitrogen and oxygen atoms in total. The van der Waals surface area contributed by atoms with Gasteiger partial charge in [0.15, 0.2) is 0 Å². The van der Waals surface area contributed by atoms with Crippen molar-refractivity contribution in [2.45, 2.75) is 57.2 Å². The lowest BCUT2D eigenvalue weighted by molar-refractivity contribution is -0.141. The molecular formula is C23H26N2O2S3. The Morgan fingerprint density at radius 1 is 0.933 bits per heavy atom. The maximum Gasteiger partial charge on any atom is 0.248 e. The van der Waals surface area contributed by atoms with Crippen LogP contribution in [0.4, 0.5) is 0 Å². The van der Waals surface area contributed by atoms with Gasteiger partial charge in [0, 0.05) is 20.7 Å². The molecule has 4 rings (SSSR count). The summed E-state index contributed by atoms with van der Waals surface area (Å²) in [6.45, 7) is 0.447.